The van der Waals surface area contributed by atoms with Crippen molar-refractivity contribution >= 4 is 37.6 Å². The highest BCUT2D eigenvalue weighted by atomic mass is 79.9. The van der Waals surface area contributed by atoms with Crippen molar-refractivity contribution in [2.75, 3.05) is 6.61 Å². The van der Waals surface area contributed by atoms with Crippen LogP contribution in [0.3, 0.4) is 0 Å². The van der Waals surface area contributed by atoms with E-state index in [1.165, 1.54) is 0 Å². The molecule has 0 fully saturated rings. The summed E-state index contributed by atoms with van der Waals surface area (Å²) in [6.07, 6.45) is 0.776. The maximum atomic E-state index is 11.9. The summed E-state index contributed by atoms with van der Waals surface area (Å²) in [5.41, 5.74) is 0.687. The van der Waals surface area contributed by atoms with E-state index in [0.29, 0.717) is 12.2 Å². The molecule has 0 aliphatic heterocycles. The number of hydrogen-bond acceptors (Lipinski definition) is 2. The van der Waals surface area contributed by atoms with E-state index < -0.39 is 0 Å². The molecule has 1 aromatic rings. The number of benzene rings is 1. The lowest BCUT2D eigenvalue weighted by Crippen LogP contribution is -2.13. The molecule has 16 heavy (non-hydrogen) atoms. The Bertz CT molecular complexity index is 377. The van der Waals surface area contributed by atoms with E-state index in [-0.39, 0.29) is 10.6 Å². The molecule has 0 aliphatic carbocycles. The first-order valence-electron chi connectivity index (χ1n) is 5.20. The molecule has 1 unspecified atom stereocenters. The Kier molecular flexibility index (Phi) is 5.49. The number of hydrogen-bond donors (Lipinski definition) is 0. The Balaban J connectivity index is 2.94. The standard InChI is InChI=1S/C12H14Br2O2/c1-3-10(13)12(15)9-6-5-8(16-4-2)7-11(9)14/h5-7,10H,3-4H2,1-2H3. The SMILES string of the molecule is CCOc1ccc(C(=O)C(Br)CC)c(Br)c1. The number of Topliss-reactive ketones (excluding diaryl/α,β-unsaturated/α-hetero) is 1. The predicted octanol–water partition coefficient (Wildman–Crippen LogP) is 4.20. The smallest absolute Gasteiger partial charge is 0.177 e. The lowest BCUT2D eigenvalue weighted by Gasteiger charge is -2.09. The number of alkyl halides is 1. The quantitative estimate of drug-likeness (QED) is 0.588. The molecule has 0 aromatic heterocycles. The van der Waals surface area contributed by atoms with Gasteiger partial charge in [0, 0.05) is 10.0 Å². The van der Waals surface area contributed by atoms with Crippen molar-refractivity contribution in [3.05, 3.63) is 28.2 Å². The maximum absolute atomic E-state index is 11.9. The highest BCUT2D eigenvalue weighted by molar-refractivity contribution is 9.10. The molecule has 1 aromatic carbocycles. The van der Waals surface area contributed by atoms with Gasteiger partial charge in [-0.2, -0.15) is 0 Å². The van der Waals surface area contributed by atoms with Gasteiger partial charge in [0.2, 0.25) is 0 Å². The number of rotatable bonds is 5. The molecule has 4 heteroatoms. The molecule has 88 valence electrons. The van der Waals surface area contributed by atoms with E-state index >= 15 is 0 Å². The zero-order valence-electron chi connectivity index (χ0n) is 9.30. The van der Waals surface area contributed by atoms with Gasteiger partial charge in [0.25, 0.3) is 0 Å². The Labute approximate surface area is 113 Å². The van der Waals surface area contributed by atoms with Crippen molar-refractivity contribution in [2.24, 2.45) is 0 Å². The van der Waals surface area contributed by atoms with Crippen LogP contribution < -0.4 is 4.74 Å². The molecule has 0 spiro atoms. The van der Waals surface area contributed by atoms with Crippen LogP contribution in [0, 0.1) is 0 Å². The molecule has 0 saturated heterocycles. The van der Waals surface area contributed by atoms with E-state index in [4.69, 9.17) is 4.74 Å². The Morgan fingerprint density at radius 3 is 2.62 bits per heavy atom. The fraction of sp³-hybridized carbons (Fsp3) is 0.417. The summed E-state index contributed by atoms with van der Waals surface area (Å²) >= 11 is 6.75. The second-order valence-corrected chi connectivity index (χ2v) is 5.27. The van der Waals surface area contributed by atoms with Crippen LogP contribution >= 0.6 is 31.9 Å². The molecule has 0 radical (unpaired) electrons. The van der Waals surface area contributed by atoms with Crippen LogP contribution in [0.4, 0.5) is 0 Å². The monoisotopic (exact) mass is 348 g/mol. The summed E-state index contributed by atoms with van der Waals surface area (Å²) in [5, 5.41) is 0. The van der Waals surface area contributed by atoms with Gasteiger partial charge < -0.3 is 4.74 Å². The number of carbonyl (C=O) groups excluding carboxylic acids is 1. The van der Waals surface area contributed by atoms with Gasteiger partial charge in [0.15, 0.2) is 5.78 Å². The van der Waals surface area contributed by atoms with Crippen LogP contribution in [-0.2, 0) is 0 Å². The molecule has 2 nitrogen and oxygen atoms in total. The molecule has 0 amide bonds. The molecular weight excluding hydrogens is 336 g/mol. The van der Waals surface area contributed by atoms with E-state index in [1.54, 1.807) is 6.07 Å². The van der Waals surface area contributed by atoms with Gasteiger partial charge in [0.1, 0.15) is 5.75 Å². The molecule has 0 saturated carbocycles. The Hall–Kier alpha value is -0.350. The van der Waals surface area contributed by atoms with Crippen molar-refractivity contribution in [1.29, 1.82) is 0 Å². The van der Waals surface area contributed by atoms with Crippen LogP contribution in [0.2, 0.25) is 0 Å². The topological polar surface area (TPSA) is 26.3 Å². The minimum atomic E-state index is -0.123. The molecule has 0 bridgehead atoms. The fourth-order valence-electron chi connectivity index (χ4n) is 1.31. The van der Waals surface area contributed by atoms with Crippen molar-refractivity contribution in [2.45, 2.75) is 25.1 Å². The van der Waals surface area contributed by atoms with Gasteiger partial charge in [-0.15, -0.1) is 0 Å². The lowest BCUT2D eigenvalue weighted by atomic mass is 10.1. The summed E-state index contributed by atoms with van der Waals surface area (Å²) < 4.78 is 6.13. The van der Waals surface area contributed by atoms with Crippen molar-refractivity contribution in [1.82, 2.24) is 0 Å². The molecule has 0 N–H and O–H groups in total. The predicted molar refractivity (Wildman–Crippen MR) is 72.6 cm³/mol. The van der Waals surface area contributed by atoms with Crippen LogP contribution in [0.25, 0.3) is 0 Å². The van der Waals surface area contributed by atoms with E-state index in [2.05, 4.69) is 31.9 Å². The van der Waals surface area contributed by atoms with E-state index in [0.717, 1.165) is 16.6 Å². The second kappa shape index (κ2) is 6.40. The third-order valence-corrected chi connectivity index (χ3v) is 3.88. The van der Waals surface area contributed by atoms with Gasteiger partial charge in [-0.25, -0.2) is 0 Å². The lowest BCUT2D eigenvalue weighted by molar-refractivity contribution is 0.0989. The summed E-state index contributed by atoms with van der Waals surface area (Å²) in [6.45, 7) is 4.52. The average Bonchev–Trinajstić information content (AvgIpc) is 2.28. The first-order chi connectivity index (χ1) is 7.60. The van der Waals surface area contributed by atoms with Crippen molar-refractivity contribution in [3.63, 3.8) is 0 Å². The summed E-state index contributed by atoms with van der Waals surface area (Å²) in [5.74, 6) is 0.867. The molecular formula is C12H14Br2O2. The number of carbonyl (C=O) groups is 1. The van der Waals surface area contributed by atoms with E-state index in [9.17, 15) is 4.79 Å². The first-order valence-corrected chi connectivity index (χ1v) is 6.91. The number of ether oxygens (including phenoxy) is 1. The first kappa shape index (κ1) is 13.7. The van der Waals surface area contributed by atoms with Gasteiger partial charge in [-0.3, -0.25) is 4.79 Å². The Morgan fingerprint density at radius 1 is 1.44 bits per heavy atom. The van der Waals surface area contributed by atoms with Crippen LogP contribution in [0.1, 0.15) is 30.6 Å². The van der Waals surface area contributed by atoms with Gasteiger partial charge in [-0.05, 0) is 47.5 Å². The van der Waals surface area contributed by atoms with Gasteiger partial charge in [-0.1, -0.05) is 22.9 Å². The number of halogens is 2. The molecule has 0 aliphatic rings. The van der Waals surface area contributed by atoms with Crippen LogP contribution in [-0.4, -0.2) is 17.2 Å². The zero-order valence-corrected chi connectivity index (χ0v) is 12.5. The van der Waals surface area contributed by atoms with Gasteiger partial charge >= 0.3 is 0 Å². The third kappa shape index (κ3) is 3.32. The van der Waals surface area contributed by atoms with Gasteiger partial charge in [0.05, 0.1) is 11.4 Å². The highest BCUT2D eigenvalue weighted by Crippen LogP contribution is 2.26. The van der Waals surface area contributed by atoms with Crippen LogP contribution in [0.5, 0.6) is 5.75 Å². The largest absolute Gasteiger partial charge is 0.494 e. The van der Waals surface area contributed by atoms with E-state index in [1.807, 2.05) is 26.0 Å². The summed E-state index contributed by atoms with van der Waals surface area (Å²) in [7, 11) is 0. The third-order valence-electron chi connectivity index (χ3n) is 2.16. The fourth-order valence-corrected chi connectivity index (χ4v) is 2.11. The molecule has 1 rings (SSSR count). The summed E-state index contributed by atoms with van der Waals surface area (Å²) in [6, 6.07) is 5.43. The van der Waals surface area contributed by atoms with Crippen LogP contribution in [0.15, 0.2) is 22.7 Å². The molecule has 1 atom stereocenters. The maximum Gasteiger partial charge on any atom is 0.177 e. The normalized spacial score (nSPS) is 12.2. The highest BCUT2D eigenvalue weighted by Gasteiger charge is 2.17. The number of ketones is 1. The van der Waals surface area contributed by atoms with Crippen molar-refractivity contribution in [3.8, 4) is 5.75 Å². The van der Waals surface area contributed by atoms with Crippen molar-refractivity contribution < 1.29 is 9.53 Å². The minimum Gasteiger partial charge on any atom is -0.494 e. The minimum absolute atomic E-state index is 0.0948. The summed E-state index contributed by atoms with van der Waals surface area (Å²) in [4.78, 5) is 11.8. The molecule has 0 heterocycles. The second-order valence-electron chi connectivity index (χ2n) is 3.31. The average molecular weight is 350 g/mol. The zero-order chi connectivity index (χ0) is 12.1. The Morgan fingerprint density at radius 2 is 2.12 bits per heavy atom.